The highest BCUT2D eigenvalue weighted by atomic mass is 16.5. The third kappa shape index (κ3) is 5.31. The molecule has 0 aliphatic carbocycles. The lowest BCUT2D eigenvalue weighted by Crippen LogP contribution is -2.41. The molecule has 0 bridgehead atoms. The second kappa shape index (κ2) is 9.53. The molecule has 144 valence electrons. The van der Waals surface area contributed by atoms with Gasteiger partial charge in [0.1, 0.15) is 0 Å². The van der Waals surface area contributed by atoms with Gasteiger partial charge >= 0.3 is 0 Å². The highest BCUT2D eigenvalue weighted by Crippen LogP contribution is 2.25. The summed E-state index contributed by atoms with van der Waals surface area (Å²) in [5, 5.41) is 10.5. The van der Waals surface area contributed by atoms with Gasteiger partial charge in [0.2, 0.25) is 5.91 Å². The van der Waals surface area contributed by atoms with E-state index in [4.69, 9.17) is 4.74 Å². The second-order valence-corrected chi connectivity index (χ2v) is 6.89. The zero-order chi connectivity index (χ0) is 19.1. The zero-order valence-corrected chi connectivity index (χ0v) is 15.9. The normalized spacial score (nSPS) is 15.9. The van der Waals surface area contributed by atoms with Crippen LogP contribution in [-0.4, -0.2) is 48.3 Å². The van der Waals surface area contributed by atoms with Crippen LogP contribution < -0.4 is 4.90 Å². The minimum atomic E-state index is -0.612. The molecule has 0 saturated heterocycles. The van der Waals surface area contributed by atoms with Crippen LogP contribution in [0.2, 0.25) is 0 Å². The summed E-state index contributed by atoms with van der Waals surface area (Å²) in [5.74, 6) is 0.159. The number of carbonyl (C=O) groups is 1. The molecule has 1 heterocycles. The maximum atomic E-state index is 12.4. The van der Waals surface area contributed by atoms with E-state index in [2.05, 4.69) is 17.0 Å². The topological polar surface area (TPSA) is 53.0 Å². The Kier molecular flexibility index (Phi) is 6.85. The van der Waals surface area contributed by atoms with Crippen molar-refractivity contribution in [3.63, 3.8) is 0 Å². The Labute approximate surface area is 161 Å². The van der Waals surface area contributed by atoms with Crippen LogP contribution in [-0.2, 0) is 22.7 Å². The van der Waals surface area contributed by atoms with Crippen molar-refractivity contribution in [2.75, 3.05) is 31.1 Å². The zero-order valence-electron chi connectivity index (χ0n) is 15.9. The van der Waals surface area contributed by atoms with E-state index in [1.165, 1.54) is 0 Å². The van der Waals surface area contributed by atoms with Gasteiger partial charge in [0.25, 0.3) is 0 Å². The first-order chi connectivity index (χ1) is 13.2. The van der Waals surface area contributed by atoms with Gasteiger partial charge in [-0.15, -0.1) is 0 Å². The summed E-state index contributed by atoms with van der Waals surface area (Å²) in [6.07, 6.45) is -0.154. The number of aliphatic hydroxyl groups is 1. The molecule has 2 aromatic carbocycles. The molecule has 0 radical (unpaired) electrons. The monoisotopic (exact) mass is 368 g/mol. The van der Waals surface area contributed by atoms with Gasteiger partial charge < -0.3 is 19.6 Å². The number of benzene rings is 2. The van der Waals surface area contributed by atoms with Crippen LogP contribution in [0.5, 0.6) is 0 Å². The lowest BCUT2D eigenvalue weighted by atomic mass is 10.1. The maximum absolute atomic E-state index is 12.4. The second-order valence-electron chi connectivity index (χ2n) is 6.89. The lowest BCUT2D eigenvalue weighted by Gasteiger charge is -2.34. The highest BCUT2D eigenvalue weighted by Gasteiger charge is 2.23. The number of β-amino-alcohol motifs (C(OH)–C–C–N with tert-alkyl or cyclic N) is 1. The number of rotatable bonds is 7. The van der Waals surface area contributed by atoms with E-state index >= 15 is 0 Å². The fraction of sp³-hybridized carbons (Fsp3) is 0.409. The Morgan fingerprint density at radius 2 is 1.81 bits per heavy atom. The van der Waals surface area contributed by atoms with E-state index < -0.39 is 6.10 Å². The van der Waals surface area contributed by atoms with Crippen LogP contribution in [0.4, 0.5) is 5.69 Å². The Morgan fingerprint density at radius 3 is 2.59 bits per heavy atom. The fourth-order valence-corrected chi connectivity index (χ4v) is 3.43. The predicted molar refractivity (Wildman–Crippen MR) is 106 cm³/mol. The van der Waals surface area contributed by atoms with E-state index in [9.17, 15) is 9.90 Å². The summed E-state index contributed by atoms with van der Waals surface area (Å²) in [5.41, 5.74) is 3.29. The number of anilines is 1. The summed E-state index contributed by atoms with van der Waals surface area (Å²) in [7, 11) is 0. The molecule has 0 unspecified atom stereocenters. The van der Waals surface area contributed by atoms with Crippen LogP contribution >= 0.6 is 0 Å². The summed E-state index contributed by atoms with van der Waals surface area (Å²) < 4.78 is 5.67. The van der Waals surface area contributed by atoms with Gasteiger partial charge in [-0.1, -0.05) is 48.5 Å². The third-order valence-corrected chi connectivity index (χ3v) is 4.88. The highest BCUT2D eigenvalue weighted by molar-refractivity contribution is 5.78. The molecule has 1 aliphatic rings. The number of hydrogen-bond donors (Lipinski definition) is 1. The van der Waals surface area contributed by atoms with Gasteiger partial charge in [0.15, 0.2) is 0 Å². The molecule has 0 saturated carbocycles. The molecule has 1 N–H and O–H groups in total. The molecule has 5 heteroatoms. The SMILES string of the molecule is CCN1Cc2ccccc2N(C[C@@H](O)COCc2ccccc2)CCC1=O. The van der Waals surface area contributed by atoms with E-state index in [0.717, 1.165) is 16.8 Å². The van der Waals surface area contributed by atoms with Gasteiger partial charge in [0, 0.05) is 38.3 Å². The van der Waals surface area contributed by atoms with E-state index in [0.29, 0.717) is 39.2 Å². The van der Waals surface area contributed by atoms with Crippen molar-refractivity contribution in [3.05, 3.63) is 65.7 Å². The first kappa shape index (κ1) is 19.4. The number of aliphatic hydroxyl groups excluding tert-OH is 1. The van der Waals surface area contributed by atoms with E-state index in [-0.39, 0.29) is 12.5 Å². The summed E-state index contributed by atoms with van der Waals surface area (Å²) in [6.45, 7) is 5.13. The number of amides is 1. The van der Waals surface area contributed by atoms with E-state index in [1.807, 2.05) is 54.3 Å². The predicted octanol–water partition coefficient (Wildman–Crippen LogP) is 2.82. The average molecular weight is 368 g/mol. The Morgan fingerprint density at radius 1 is 1.07 bits per heavy atom. The Balaban J connectivity index is 1.62. The minimum absolute atomic E-state index is 0.159. The van der Waals surface area contributed by atoms with E-state index in [1.54, 1.807) is 0 Å². The lowest BCUT2D eigenvalue weighted by molar-refractivity contribution is -0.131. The molecular formula is C22H28N2O3. The fourth-order valence-electron chi connectivity index (χ4n) is 3.43. The van der Waals surface area contributed by atoms with Crippen LogP contribution in [0.15, 0.2) is 54.6 Å². The van der Waals surface area contributed by atoms with Crippen molar-refractivity contribution in [3.8, 4) is 0 Å². The molecule has 0 aromatic heterocycles. The van der Waals surface area contributed by atoms with Crippen LogP contribution in [0.1, 0.15) is 24.5 Å². The average Bonchev–Trinajstić information content (AvgIpc) is 2.69. The Bertz CT molecular complexity index is 735. The number of carbonyl (C=O) groups excluding carboxylic acids is 1. The number of nitrogens with zero attached hydrogens (tertiary/aromatic N) is 2. The quantitative estimate of drug-likeness (QED) is 0.817. The first-order valence-electron chi connectivity index (χ1n) is 9.57. The van der Waals surface area contributed by atoms with Crippen molar-refractivity contribution in [1.29, 1.82) is 0 Å². The van der Waals surface area contributed by atoms with Crippen molar-refractivity contribution in [2.45, 2.75) is 32.6 Å². The van der Waals surface area contributed by atoms with Gasteiger partial charge in [0.05, 0.1) is 19.3 Å². The summed E-state index contributed by atoms with van der Waals surface area (Å²) in [6, 6.07) is 18.1. The largest absolute Gasteiger partial charge is 0.389 e. The molecule has 0 fully saturated rings. The first-order valence-corrected chi connectivity index (χ1v) is 9.57. The Hall–Kier alpha value is -2.37. The van der Waals surface area contributed by atoms with Gasteiger partial charge in [-0.3, -0.25) is 4.79 Å². The summed E-state index contributed by atoms with van der Waals surface area (Å²) >= 11 is 0. The van der Waals surface area contributed by atoms with Crippen molar-refractivity contribution in [2.24, 2.45) is 0 Å². The van der Waals surface area contributed by atoms with Gasteiger partial charge in [-0.25, -0.2) is 0 Å². The van der Waals surface area contributed by atoms with Crippen LogP contribution in [0.25, 0.3) is 0 Å². The van der Waals surface area contributed by atoms with Gasteiger partial charge in [-0.05, 0) is 24.1 Å². The third-order valence-electron chi connectivity index (χ3n) is 4.88. The minimum Gasteiger partial charge on any atom is -0.389 e. The molecule has 0 spiro atoms. The van der Waals surface area contributed by atoms with Gasteiger partial charge in [-0.2, -0.15) is 0 Å². The van der Waals surface area contributed by atoms with Crippen molar-refractivity contribution >= 4 is 11.6 Å². The standard InChI is InChI=1S/C22H28N2O3/c1-2-23-14-19-10-6-7-11-21(19)24(13-12-22(23)26)15-20(25)17-27-16-18-8-4-3-5-9-18/h3-11,20,25H,2,12-17H2,1H3/t20-/m1/s1. The van der Waals surface area contributed by atoms with Crippen molar-refractivity contribution in [1.82, 2.24) is 4.90 Å². The number of ether oxygens (including phenoxy) is 1. The number of fused-ring (bicyclic) bond motifs is 1. The maximum Gasteiger partial charge on any atom is 0.224 e. The summed E-state index contributed by atoms with van der Waals surface area (Å²) in [4.78, 5) is 16.4. The number of para-hydroxylation sites is 1. The van der Waals surface area contributed by atoms with Crippen LogP contribution in [0.3, 0.4) is 0 Å². The smallest absolute Gasteiger partial charge is 0.224 e. The number of hydrogen-bond acceptors (Lipinski definition) is 4. The van der Waals surface area contributed by atoms with Crippen LogP contribution in [0, 0.1) is 0 Å². The molecule has 3 rings (SSSR count). The molecule has 5 nitrogen and oxygen atoms in total. The molecule has 1 amide bonds. The molecule has 2 aromatic rings. The molecular weight excluding hydrogens is 340 g/mol. The molecule has 27 heavy (non-hydrogen) atoms. The molecule has 1 atom stereocenters. The van der Waals surface area contributed by atoms with Crippen molar-refractivity contribution < 1.29 is 14.6 Å². The molecule has 1 aliphatic heterocycles.